The second-order valence-corrected chi connectivity index (χ2v) is 3.71. The summed E-state index contributed by atoms with van der Waals surface area (Å²) in [4.78, 5) is 13.1. The van der Waals surface area contributed by atoms with Gasteiger partial charge in [-0.1, -0.05) is 0 Å². The lowest BCUT2D eigenvalue weighted by atomic mass is 10.5. The molecule has 0 aromatic carbocycles. The molecule has 0 fully saturated rings. The van der Waals surface area contributed by atoms with Crippen molar-refractivity contribution >= 4 is 23.5 Å². The van der Waals surface area contributed by atoms with Crippen LogP contribution in [0, 0.1) is 0 Å². The van der Waals surface area contributed by atoms with E-state index in [0.717, 1.165) is 0 Å². The van der Waals surface area contributed by atoms with Crippen LogP contribution in [0.25, 0.3) is 0 Å². The molecule has 1 aromatic heterocycles. The maximum atomic E-state index is 12.1. The van der Waals surface area contributed by atoms with Gasteiger partial charge < -0.3 is 10.2 Å². The highest BCUT2D eigenvalue weighted by molar-refractivity contribution is 6.28. The smallest absolute Gasteiger partial charge is 0.345 e. The second-order valence-electron chi connectivity index (χ2n) is 3.37. The number of rotatable bonds is 5. The van der Waals surface area contributed by atoms with E-state index >= 15 is 0 Å². The maximum Gasteiger partial charge on any atom is 0.405 e. The highest BCUT2D eigenvalue weighted by atomic mass is 35.5. The molecule has 0 amide bonds. The summed E-state index contributed by atoms with van der Waals surface area (Å²) in [5.41, 5.74) is 0. The molecule has 5 nitrogen and oxygen atoms in total. The van der Waals surface area contributed by atoms with Crippen LogP contribution in [-0.4, -0.2) is 40.8 Å². The molecule has 0 spiro atoms. The zero-order valence-electron chi connectivity index (χ0n) is 9.92. The van der Waals surface area contributed by atoms with Crippen LogP contribution < -0.4 is 10.2 Å². The zero-order chi connectivity index (χ0) is 13.8. The maximum absolute atomic E-state index is 12.1. The van der Waals surface area contributed by atoms with E-state index in [1.54, 1.807) is 4.90 Å². The molecule has 102 valence electrons. The van der Waals surface area contributed by atoms with Gasteiger partial charge in [0.2, 0.25) is 17.2 Å². The molecule has 0 atom stereocenters. The van der Waals surface area contributed by atoms with Crippen molar-refractivity contribution in [3.8, 4) is 0 Å². The second kappa shape index (κ2) is 6.03. The van der Waals surface area contributed by atoms with E-state index < -0.39 is 12.7 Å². The quantitative estimate of drug-likeness (QED) is 0.899. The van der Waals surface area contributed by atoms with Gasteiger partial charge in [0, 0.05) is 13.1 Å². The molecule has 1 rings (SSSR count). The van der Waals surface area contributed by atoms with Crippen molar-refractivity contribution in [3.05, 3.63) is 5.28 Å². The number of aromatic nitrogens is 3. The fourth-order valence-electron chi connectivity index (χ4n) is 1.25. The van der Waals surface area contributed by atoms with E-state index in [2.05, 4.69) is 20.3 Å². The van der Waals surface area contributed by atoms with Gasteiger partial charge in [-0.2, -0.15) is 28.1 Å². The van der Waals surface area contributed by atoms with Gasteiger partial charge in [0.15, 0.2) is 0 Å². The third-order valence-electron chi connectivity index (χ3n) is 2.09. The van der Waals surface area contributed by atoms with Crippen molar-refractivity contribution in [2.75, 3.05) is 29.9 Å². The zero-order valence-corrected chi connectivity index (χ0v) is 10.7. The van der Waals surface area contributed by atoms with E-state index in [1.807, 2.05) is 13.8 Å². The Hall–Kier alpha value is -1.31. The Labute approximate surface area is 107 Å². The van der Waals surface area contributed by atoms with Crippen molar-refractivity contribution in [1.82, 2.24) is 15.0 Å². The first-order chi connectivity index (χ1) is 8.35. The summed E-state index contributed by atoms with van der Waals surface area (Å²) in [6.07, 6.45) is -4.34. The van der Waals surface area contributed by atoms with E-state index in [4.69, 9.17) is 11.6 Å². The summed E-state index contributed by atoms with van der Waals surface area (Å²) >= 11 is 5.65. The molecule has 9 heteroatoms. The molecule has 0 aliphatic rings. The Morgan fingerprint density at radius 2 is 1.78 bits per heavy atom. The van der Waals surface area contributed by atoms with Crippen molar-refractivity contribution in [2.45, 2.75) is 20.0 Å². The van der Waals surface area contributed by atoms with Gasteiger partial charge in [0.05, 0.1) is 0 Å². The monoisotopic (exact) mass is 283 g/mol. The van der Waals surface area contributed by atoms with Gasteiger partial charge in [-0.25, -0.2) is 0 Å². The van der Waals surface area contributed by atoms with Crippen LogP contribution in [0.1, 0.15) is 13.8 Å². The minimum absolute atomic E-state index is 0.142. The van der Waals surface area contributed by atoms with Gasteiger partial charge in [-0.3, -0.25) is 0 Å². The first kappa shape index (κ1) is 14.7. The summed E-state index contributed by atoms with van der Waals surface area (Å²) in [5, 5.41) is 1.93. The average molecular weight is 284 g/mol. The fourth-order valence-corrected chi connectivity index (χ4v) is 1.40. The number of alkyl halides is 3. The van der Waals surface area contributed by atoms with E-state index in [-0.39, 0.29) is 17.2 Å². The standard InChI is InChI=1S/C9H13ClF3N5/c1-3-18(4-2)8-16-6(10)15-7(17-8)14-5-9(11,12)13/h3-5H2,1-2H3,(H,14,15,16,17). The van der Waals surface area contributed by atoms with Crippen molar-refractivity contribution in [3.63, 3.8) is 0 Å². The average Bonchev–Trinajstić information content (AvgIpc) is 2.26. The number of nitrogens with one attached hydrogen (secondary N) is 1. The predicted molar refractivity (Wildman–Crippen MR) is 62.9 cm³/mol. The summed E-state index contributed by atoms with van der Waals surface area (Å²) in [6.45, 7) is 3.78. The predicted octanol–water partition coefficient (Wildman–Crippen LogP) is 2.35. The first-order valence-electron chi connectivity index (χ1n) is 5.32. The number of halogens is 4. The molecule has 1 N–H and O–H groups in total. The third kappa shape index (κ3) is 4.52. The van der Waals surface area contributed by atoms with Crippen LogP contribution >= 0.6 is 11.6 Å². The number of anilines is 2. The number of hydrogen-bond acceptors (Lipinski definition) is 5. The topological polar surface area (TPSA) is 53.9 Å². The molecule has 0 saturated carbocycles. The Morgan fingerprint density at radius 1 is 1.17 bits per heavy atom. The summed E-state index contributed by atoms with van der Waals surface area (Å²) in [7, 11) is 0. The molecule has 0 saturated heterocycles. The van der Waals surface area contributed by atoms with Crippen LogP contribution in [0.15, 0.2) is 0 Å². The van der Waals surface area contributed by atoms with E-state index in [1.165, 1.54) is 0 Å². The third-order valence-corrected chi connectivity index (χ3v) is 2.26. The molecular formula is C9H13ClF3N5. The van der Waals surface area contributed by atoms with Crippen LogP contribution in [0.4, 0.5) is 25.1 Å². The molecule has 1 heterocycles. The lowest BCUT2D eigenvalue weighted by molar-refractivity contribution is -0.115. The fraction of sp³-hybridized carbons (Fsp3) is 0.667. The Balaban J connectivity index is 2.87. The van der Waals surface area contributed by atoms with Crippen LogP contribution in [0.2, 0.25) is 5.28 Å². The lowest BCUT2D eigenvalue weighted by Gasteiger charge is -2.19. The van der Waals surface area contributed by atoms with Crippen LogP contribution in [0.5, 0.6) is 0 Å². The molecule has 18 heavy (non-hydrogen) atoms. The highest BCUT2D eigenvalue weighted by Gasteiger charge is 2.27. The van der Waals surface area contributed by atoms with Gasteiger partial charge >= 0.3 is 6.18 Å². The number of nitrogens with zero attached hydrogens (tertiary/aromatic N) is 4. The van der Waals surface area contributed by atoms with E-state index in [9.17, 15) is 13.2 Å². The molecule has 0 unspecified atom stereocenters. The Bertz CT molecular complexity index is 394. The Kier molecular flexibility index (Phi) is 4.94. The van der Waals surface area contributed by atoms with Crippen molar-refractivity contribution < 1.29 is 13.2 Å². The largest absolute Gasteiger partial charge is 0.405 e. The molecular weight excluding hydrogens is 271 g/mol. The highest BCUT2D eigenvalue weighted by Crippen LogP contribution is 2.17. The minimum Gasteiger partial charge on any atom is -0.345 e. The molecule has 0 aliphatic carbocycles. The first-order valence-corrected chi connectivity index (χ1v) is 5.70. The van der Waals surface area contributed by atoms with Gasteiger partial charge in [-0.05, 0) is 25.4 Å². The summed E-state index contributed by atoms with van der Waals surface area (Å²) in [5.74, 6) is 0.0684. The lowest BCUT2D eigenvalue weighted by Crippen LogP contribution is -2.26. The SMILES string of the molecule is CCN(CC)c1nc(Cl)nc(NCC(F)(F)F)n1. The van der Waals surface area contributed by atoms with Gasteiger partial charge in [-0.15, -0.1) is 0 Å². The minimum atomic E-state index is -4.34. The molecule has 0 radical (unpaired) electrons. The number of hydrogen-bond donors (Lipinski definition) is 1. The summed E-state index contributed by atoms with van der Waals surface area (Å²) < 4.78 is 36.2. The molecule has 0 aliphatic heterocycles. The van der Waals surface area contributed by atoms with Gasteiger partial charge in [0.1, 0.15) is 6.54 Å². The van der Waals surface area contributed by atoms with E-state index in [0.29, 0.717) is 13.1 Å². The normalized spacial score (nSPS) is 11.4. The molecule has 1 aromatic rings. The summed E-state index contributed by atoms with van der Waals surface area (Å²) in [6, 6.07) is 0. The molecule has 0 bridgehead atoms. The van der Waals surface area contributed by atoms with Gasteiger partial charge in [0.25, 0.3) is 0 Å². The Morgan fingerprint density at radius 3 is 2.28 bits per heavy atom. The van der Waals surface area contributed by atoms with Crippen molar-refractivity contribution in [2.24, 2.45) is 0 Å². The van der Waals surface area contributed by atoms with Crippen LogP contribution in [-0.2, 0) is 0 Å². The van der Waals surface area contributed by atoms with Crippen LogP contribution in [0.3, 0.4) is 0 Å². The van der Waals surface area contributed by atoms with Crippen molar-refractivity contribution in [1.29, 1.82) is 0 Å².